The maximum Gasteiger partial charge on any atom is 0.323 e. The number of rotatable bonds is 7. The van der Waals surface area contributed by atoms with Gasteiger partial charge in [-0.05, 0) is 24.1 Å². The van der Waals surface area contributed by atoms with Crippen molar-refractivity contribution in [3.05, 3.63) is 29.8 Å². The van der Waals surface area contributed by atoms with Crippen molar-refractivity contribution in [1.82, 2.24) is 4.90 Å². The summed E-state index contributed by atoms with van der Waals surface area (Å²) in [6.07, 6.45) is 0.344. The molecule has 0 bridgehead atoms. The van der Waals surface area contributed by atoms with Gasteiger partial charge in [0, 0.05) is 24.2 Å². The van der Waals surface area contributed by atoms with E-state index in [1.165, 1.54) is 4.90 Å². The highest BCUT2D eigenvalue weighted by atomic mass is 16.4. The third-order valence-corrected chi connectivity index (χ3v) is 2.91. The van der Waals surface area contributed by atoms with Crippen LogP contribution in [0.3, 0.4) is 0 Å². The van der Waals surface area contributed by atoms with Crippen LogP contribution in [0.5, 0.6) is 0 Å². The van der Waals surface area contributed by atoms with E-state index in [9.17, 15) is 14.4 Å². The van der Waals surface area contributed by atoms with E-state index in [0.717, 1.165) is 0 Å². The van der Waals surface area contributed by atoms with Crippen molar-refractivity contribution in [2.24, 2.45) is 5.92 Å². The van der Waals surface area contributed by atoms with E-state index in [1.54, 1.807) is 31.2 Å². The van der Waals surface area contributed by atoms with Gasteiger partial charge < -0.3 is 15.3 Å². The van der Waals surface area contributed by atoms with Crippen molar-refractivity contribution in [2.45, 2.75) is 27.2 Å². The van der Waals surface area contributed by atoms with Crippen LogP contribution < -0.4 is 5.32 Å². The standard InChI is InChI=1S/C16H22N2O4/c1-4-14(19)17-13-7-5-6-12(8-13)16(22)18(9-11(2)3)10-15(20)21/h5-8,11H,4,9-10H2,1-3H3,(H,17,19)(H,20,21). The number of carbonyl (C=O) groups is 3. The summed E-state index contributed by atoms with van der Waals surface area (Å²) in [5.41, 5.74) is 0.883. The van der Waals surface area contributed by atoms with Gasteiger partial charge in [0.25, 0.3) is 5.91 Å². The van der Waals surface area contributed by atoms with E-state index in [0.29, 0.717) is 24.2 Å². The molecule has 2 N–H and O–H groups in total. The van der Waals surface area contributed by atoms with Crippen molar-refractivity contribution in [3.8, 4) is 0 Å². The molecule has 0 saturated carbocycles. The third-order valence-electron chi connectivity index (χ3n) is 2.91. The highest BCUT2D eigenvalue weighted by Gasteiger charge is 2.19. The molecule has 0 radical (unpaired) electrons. The molecule has 6 heteroatoms. The maximum atomic E-state index is 12.5. The third kappa shape index (κ3) is 5.55. The molecule has 22 heavy (non-hydrogen) atoms. The van der Waals surface area contributed by atoms with E-state index in [2.05, 4.69) is 5.32 Å². The molecule has 0 unspecified atom stereocenters. The second-order valence-electron chi connectivity index (χ2n) is 5.46. The lowest BCUT2D eigenvalue weighted by molar-refractivity contribution is -0.137. The van der Waals surface area contributed by atoms with Crippen molar-refractivity contribution < 1.29 is 19.5 Å². The topological polar surface area (TPSA) is 86.7 Å². The first kappa shape index (κ1) is 17.7. The Morgan fingerprint density at radius 3 is 2.50 bits per heavy atom. The van der Waals surface area contributed by atoms with E-state index in [-0.39, 0.29) is 24.3 Å². The number of benzene rings is 1. The number of hydrogen-bond acceptors (Lipinski definition) is 3. The lowest BCUT2D eigenvalue weighted by atomic mass is 10.1. The number of nitrogens with one attached hydrogen (secondary N) is 1. The molecule has 0 aromatic heterocycles. The van der Waals surface area contributed by atoms with Crippen LogP contribution >= 0.6 is 0 Å². The summed E-state index contributed by atoms with van der Waals surface area (Å²) < 4.78 is 0. The Hall–Kier alpha value is -2.37. The Kier molecular flexibility index (Phi) is 6.56. The Labute approximate surface area is 130 Å². The molecule has 120 valence electrons. The van der Waals surface area contributed by atoms with E-state index < -0.39 is 5.97 Å². The zero-order valence-corrected chi connectivity index (χ0v) is 13.1. The minimum absolute atomic E-state index is 0.144. The Balaban J connectivity index is 2.95. The SMILES string of the molecule is CCC(=O)Nc1cccc(C(=O)N(CC(=O)O)CC(C)C)c1. The molecule has 0 atom stereocenters. The van der Waals surface area contributed by atoms with Crippen molar-refractivity contribution in [3.63, 3.8) is 0 Å². The Bertz CT molecular complexity index is 555. The summed E-state index contributed by atoms with van der Waals surface area (Å²) in [5.74, 6) is -1.39. The maximum absolute atomic E-state index is 12.5. The van der Waals surface area contributed by atoms with Gasteiger partial charge in [0.05, 0.1) is 0 Å². The number of aliphatic carboxylic acids is 1. The van der Waals surface area contributed by atoms with Gasteiger partial charge in [-0.25, -0.2) is 0 Å². The van der Waals surface area contributed by atoms with Crippen molar-refractivity contribution in [2.75, 3.05) is 18.4 Å². The molecule has 2 amide bonds. The number of anilines is 1. The average molecular weight is 306 g/mol. The number of amides is 2. The lowest BCUT2D eigenvalue weighted by Crippen LogP contribution is -2.38. The zero-order chi connectivity index (χ0) is 16.7. The van der Waals surface area contributed by atoms with Crippen LogP contribution in [0.4, 0.5) is 5.69 Å². The Morgan fingerprint density at radius 2 is 1.95 bits per heavy atom. The molecule has 1 rings (SSSR count). The highest BCUT2D eigenvalue weighted by molar-refractivity contribution is 5.98. The molecule has 0 aliphatic heterocycles. The zero-order valence-electron chi connectivity index (χ0n) is 13.1. The van der Waals surface area contributed by atoms with Gasteiger partial charge in [0.1, 0.15) is 6.54 Å². The number of carbonyl (C=O) groups excluding carboxylic acids is 2. The highest BCUT2D eigenvalue weighted by Crippen LogP contribution is 2.14. The number of carboxylic acids is 1. The van der Waals surface area contributed by atoms with Crippen molar-refractivity contribution in [1.29, 1.82) is 0 Å². The normalized spacial score (nSPS) is 10.4. The fourth-order valence-electron chi connectivity index (χ4n) is 1.99. The van der Waals surface area contributed by atoms with Crippen LogP contribution in [0, 0.1) is 5.92 Å². The van der Waals surface area contributed by atoms with Crippen LogP contribution in [0.25, 0.3) is 0 Å². The fourth-order valence-corrected chi connectivity index (χ4v) is 1.99. The second-order valence-corrected chi connectivity index (χ2v) is 5.46. The van der Waals surface area contributed by atoms with E-state index >= 15 is 0 Å². The molecule has 0 heterocycles. The predicted molar refractivity (Wildman–Crippen MR) is 83.7 cm³/mol. The molecular weight excluding hydrogens is 284 g/mol. The molecule has 0 aliphatic carbocycles. The minimum Gasteiger partial charge on any atom is -0.480 e. The first-order valence-electron chi connectivity index (χ1n) is 7.24. The molecule has 0 fully saturated rings. The summed E-state index contributed by atoms with van der Waals surface area (Å²) in [7, 11) is 0. The largest absolute Gasteiger partial charge is 0.480 e. The van der Waals surface area contributed by atoms with Gasteiger partial charge in [-0.1, -0.05) is 26.8 Å². The number of nitrogens with zero attached hydrogens (tertiary/aromatic N) is 1. The van der Waals surface area contributed by atoms with Gasteiger partial charge in [0.2, 0.25) is 5.91 Å². The monoisotopic (exact) mass is 306 g/mol. The lowest BCUT2D eigenvalue weighted by Gasteiger charge is -2.23. The van der Waals surface area contributed by atoms with Gasteiger partial charge in [0.15, 0.2) is 0 Å². The number of hydrogen-bond donors (Lipinski definition) is 2. The second kappa shape index (κ2) is 8.17. The molecule has 0 aliphatic rings. The van der Waals surface area contributed by atoms with Gasteiger partial charge in [-0.15, -0.1) is 0 Å². The van der Waals surface area contributed by atoms with Gasteiger partial charge in [-0.3, -0.25) is 14.4 Å². The molecule has 6 nitrogen and oxygen atoms in total. The molecule has 0 saturated heterocycles. The van der Waals surface area contributed by atoms with Crippen LogP contribution in [0.2, 0.25) is 0 Å². The van der Waals surface area contributed by atoms with Crippen LogP contribution in [0.1, 0.15) is 37.6 Å². The van der Waals surface area contributed by atoms with Crippen LogP contribution in [-0.2, 0) is 9.59 Å². The quantitative estimate of drug-likeness (QED) is 0.808. The van der Waals surface area contributed by atoms with E-state index in [1.807, 2.05) is 13.8 Å². The Morgan fingerprint density at radius 1 is 1.27 bits per heavy atom. The van der Waals surface area contributed by atoms with Crippen LogP contribution in [-0.4, -0.2) is 40.9 Å². The van der Waals surface area contributed by atoms with Gasteiger partial charge >= 0.3 is 5.97 Å². The predicted octanol–water partition coefficient (Wildman–Crippen LogP) is 2.22. The summed E-state index contributed by atoms with van der Waals surface area (Å²) in [6.45, 7) is 5.58. The summed E-state index contributed by atoms with van der Waals surface area (Å²) in [4.78, 5) is 36.1. The summed E-state index contributed by atoms with van der Waals surface area (Å²) >= 11 is 0. The van der Waals surface area contributed by atoms with Crippen LogP contribution in [0.15, 0.2) is 24.3 Å². The minimum atomic E-state index is -1.05. The fraction of sp³-hybridized carbons (Fsp3) is 0.438. The smallest absolute Gasteiger partial charge is 0.323 e. The molecule has 1 aromatic carbocycles. The van der Waals surface area contributed by atoms with Gasteiger partial charge in [-0.2, -0.15) is 0 Å². The average Bonchev–Trinajstić information content (AvgIpc) is 2.45. The molecular formula is C16H22N2O4. The first-order chi connectivity index (χ1) is 10.3. The number of carboxylic acid groups (broad SMARTS) is 1. The molecule has 1 aromatic rings. The first-order valence-corrected chi connectivity index (χ1v) is 7.24. The van der Waals surface area contributed by atoms with Crippen molar-refractivity contribution >= 4 is 23.5 Å². The molecule has 0 spiro atoms. The van der Waals surface area contributed by atoms with E-state index in [4.69, 9.17) is 5.11 Å². The summed E-state index contributed by atoms with van der Waals surface area (Å²) in [5, 5.41) is 11.6. The summed E-state index contributed by atoms with van der Waals surface area (Å²) in [6, 6.07) is 6.52.